The molecule has 0 aromatic carbocycles. The zero-order chi connectivity index (χ0) is 22.9. The Morgan fingerprint density at radius 2 is 2.12 bits per heavy atom. The Labute approximate surface area is 186 Å². The van der Waals surface area contributed by atoms with Crippen molar-refractivity contribution in [1.82, 2.24) is 24.8 Å². The van der Waals surface area contributed by atoms with E-state index in [9.17, 15) is 18.0 Å². The molecule has 0 fully saturated rings. The van der Waals surface area contributed by atoms with Crippen molar-refractivity contribution < 1.29 is 18.0 Å². The Kier molecular flexibility index (Phi) is 6.00. The van der Waals surface area contributed by atoms with Gasteiger partial charge in [0.2, 0.25) is 0 Å². The van der Waals surface area contributed by atoms with Crippen LogP contribution in [0.4, 0.5) is 18.3 Å². The number of halogens is 3. The van der Waals surface area contributed by atoms with Gasteiger partial charge >= 0.3 is 6.18 Å². The average molecular weight is 463 g/mol. The van der Waals surface area contributed by atoms with Crippen LogP contribution in [0.25, 0.3) is 11.0 Å². The fourth-order valence-corrected chi connectivity index (χ4v) is 4.21. The molecule has 0 saturated carbocycles. The minimum Gasteiger partial charge on any atom is -0.355 e. The second kappa shape index (κ2) is 8.73. The van der Waals surface area contributed by atoms with E-state index in [4.69, 9.17) is 0 Å². The van der Waals surface area contributed by atoms with Crippen LogP contribution in [0.5, 0.6) is 0 Å². The molecule has 2 N–H and O–H groups in total. The Hall–Kier alpha value is -3.21. The molecule has 32 heavy (non-hydrogen) atoms. The number of thiazole rings is 1. The molecule has 2 unspecified atom stereocenters. The quantitative estimate of drug-likeness (QED) is 0.558. The third-order valence-electron chi connectivity index (χ3n) is 5.11. The monoisotopic (exact) mass is 462 g/mol. The smallest absolute Gasteiger partial charge is 0.355 e. The first kappa shape index (κ1) is 22.0. The van der Waals surface area contributed by atoms with Crippen molar-refractivity contribution in [3.63, 3.8) is 0 Å². The van der Waals surface area contributed by atoms with Gasteiger partial charge in [-0.15, -0.1) is 0 Å². The molecule has 3 aromatic heterocycles. The molecule has 0 radical (unpaired) electrons. The van der Waals surface area contributed by atoms with Gasteiger partial charge in [0.05, 0.1) is 35.7 Å². The van der Waals surface area contributed by atoms with Gasteiger partial charge in [-0.2, -0.15) is 13.2 Å². The van der Waals surface area contributed by atoms with Crippen LogP contribution in [-0.2, 0) is 6.54 Å². The molecule has 0 spiro atoms. The number of alkyl halides is 3. The largest absolute Gasteiger partial charge is 0.416 e. The second-order valence-corrected chi connectivity index (χ2v) is 8.42. The molecule has 1 aliphatic rings. The summed E-state index contributed by atoms with van der Waals surface area (Å²) in [6.45, 7) is 4.56. The minimum atomic E-state index is -4.33. The third kappa shape index (κ3) is 4.67. The zero-order valence-electron chi connectivity index (χ0n) is 17.3. The van der Waals surface area contributed by atoms with Crippen molar-refractivity contribution in [1.29, 1.82) is 0 Å². The molecule has 11 heteroatoms. The van der Waals surface area contributed by atoms with E-state index < -0.39 is 11.7 Å². The van der Waals surface area contributed by atoms with Gasteiger partial charge < -0.3 is 15.2 Å². The zero-order valence-corrected chi connectivity index (χ0v) is 18.2. The van der Waals surface area contributed by atoms with Crippen molar-refractivity contribution in [2.75, 3.05) is 5.32 Å². The number of fused-ring (bicyclic) bond motifs is 1. The summed E-state index contributed by atoms with van der Waals surface area (Å²) in [5, 5.41) is 6.60. The fourth-order valence-electron chi connectivity index (χ4n) is 3.33. The first-order chi connectivity index (χ1) is 15.2. The van der Waals surface area contributed by atoms with E-state index in [2.05, 4.69) is 25.6 Å². The molecular weight excluding hydrogens is 441 g/mol. The summed E-state index contributed by atoms with van der Waals surface area (Å²) in [6, 6.07) is 1.12. The molecule has 0 bridgehead atoms. The minimum absolute atomic E-state index is 0.217. The highest BCUT2D eigenvalue weighted by atomic mass is 32.1. The number of nitrogens with one attached hydrogen (secondary N) is 2. The Bertz CT molecular complexity index is 1200. The van der Waals surface area contributed by atoms with Crippen LogP contribution in [0.2, 0.25) is 0 Å². The number of allylic oxidation sites excluding steroid dienone is 2. The van der Waals surface area contributed by atoms with Crippen LogP contribution in [0, 0.1) is 0 Å². The van der Waals surface area contributed by atoms with Gasteiger partial charge in [-0.25, -0.2) is 15.0 Å². The Balaban J connectivity index is 1.38. The Morgan fingerprint density at radius 1 is 1.31 bits per heavy atom. The van der Waals surface area contributed by atoms with E-state index in [1.807, 2.05) is 18.4 Å². The first-order valence-electron chi connectivity index (χ1n) is 10.0. The highest BCUT2D eigenvalue weighted by Gasteiger charge is 2.33. The molecular formula is C21H21F3N6OS. The van der Waals surface area contributed by atoms with Crippen molar-refractivity contribution in [2.45, 2.75) is 45.1 Å². The van der Waals surface area contributed by atoms with E-state index in [0.29, 0.717) is 10.8 Å². The number of amides is 1. The lowest BCUT2D eigenvalue weighted by Crippen LogP contribution is -2.27. The molecule has 0 saturated heterocycles. The normalized spacial score (nSPS) is 17.3. The van der Waals surface area contributed by atoms with Gasteiger partial charge in [-0.3, -0.25) is 4.79 Å². The van der Waals surface area contributed by atoms with Crippen molar-refractivity contribution in [2.24, 2.45) is 0 Å². The van der Waals surface area contributed by atoms with Crippen LogP contribution < -0.4 is 10.6 Å². The van der Waals surface area contributed by atoms with Gasteiger partial charge in [0.25, 0.3) is 5.91 Å². The van der Waals surface area contributed by atoms with Crippen LogP contribution >= 0.6 is 11.3 Å². The van der Waals surface area contributed by atoms with E-state index in [0.717, 1.165) is 28.5 Å². The van der Waals surface area contributed by atoms with Crippen LogP contribution in [0.3, 0.4) is 0 Å². The summed E-state index contributed by atoms with van der Waals surface area (Å²) in [6.07, 6.45) is 4.54. The summed E-state index contributed by atoms with van der Waals surface area (Å²) < 4.78 is 40.1. The fraction of sp³-hybridized carbons (Fsp3) is 0.333. The number of aryl methyl sites for hydroxylation is 1. The van der Waals surface area contributed by atoms with Crippen LogP contribution in [0.15, 0.2) is 48.6 Å². The molecule has 2 atom stereocenters. The van der Waals surface area contributed by atoms with E-state index >= 15 is 0 Å². The van der Waals surface area contributed by atoms with Crippen molar-refractivity contribution >= 4 is 33.4 Å². The van der Waals surface area contributed by atoms with E-state index in [1.54, 1.807) is 24.8 Å². The topological polar surface area (TPSA) is 84.7 Å². The number of aromatic nitrogens is 4. The number of pyridine rings is 1. The van der Waals surface area contributed by atoms with Crippen molar-refractivity contribution in [3.05, 3.63) is 59.2 Å². The number of carbonyl (C=O) groups excluding carboxylic acids is 1. The third-order valence-corrected chi connectivity index (χ3v) is 6.23. The predicted molar refractivity (Wildman–Crippen MR) is 117 cm³/mol. The van der Waals surface area contributed by atoms with Gasteiger partial charge in [0.1, 0.15) is 11.2 Å². The Morgan fingerprint density at radius 3 is 2.81 bits per heavy atom. The van der Waals surface area contributed by atoms with Gasteiger partial charge in [-0.05, 0) is 26.3 Å². The molecule has 0 aliphatic heterocycles. The van der Waals surface area contributed by atoms with Crippen LogP contribution in [0.1, 0.15) is 41.7 Å². The summed E-state index contributed by atoms with van der Waals surface area (Å²) in [4.78, 5) is 26.2. The standard InChI is InChI=1S/C21H21F3N6OS/c1-3-30-11-27-16-9-25-15(8-17(16)30)19(31)28-12(2)18-10-26-20(32-18)29-14-6-4-13(5-7-14)21(22,23)24/h4-6,8-12,14H,3,7H2,1-2H3,(H,26,29)(H,28,31). The number of anilines is 1. The molecule has 3 aromatic rings. The number of nitrogens with zero attached hydrogens (tertiary/aromatic N) is 4. The number of rotatable bonds is 6. The maximum atomic E-state index is 12.7. The lowest BCUT2D eigenvalue weighted by Gasteiger charge is -2.18. The average Bonchev–Trinajstić information content (AvgIpc) is 3.39. The number of hydrogen-bond donors (Lipinski definition) is 2. The molecule has 1 amide bonds. The van der Waals surface area contributed by atoms with Gasteiger partial charge in [0.15, 0.2) is 5.13 Å². The number of hydrogen-bond acceptors (Lipinski definition) is 6. The molecule has 4 rings (SSSR count). The second-order valence-electron chi connectivity index (χ2n) is 7.35. The summed E-state index contributed by atoms with van der Waals surface area (Å²) >= 11 is 1.34. The van der Waals surface area contributed by atoms with Gasteiger partial charge in [-0.1, -0.05) is 29.6 Å². The molecule has 3 heterocycles. The molecule has 7 nitrogen and oxygen atoms in total. The summed E-state index contributed by atoms with van der Waals surface area (Å²) in [5.41, 5.74) is 1.22. The van der Waals surface area contributed by atoms with Crippen molar-refractivity contribution in [3.8, 4) is 0 Å². The van der Waals surface area contributed by atoms with Crippen LogP contribution in [-0.4, -0.2) is 37.6 Å². The maximum Gasteiger partial charge on any atom is 0.416 e. The lowest BCUT2D eigenvalue weighted by atomic mass is 10.0. The number of carbonyl (C=O) groups is 1. The SMILES string of the molecule is CCn1cnc2cnc(C(=O)NC(C)c3cnc(NC4C=CC(C(F)(F)F)=CC4)s3)cc21. The van der Waals surface area contributed by atoms with Gasteiger partial charge in [0, 0.05) is 17.6 Å². The van der Waals surface area contributed by atoms with E-state index in [1.165, 1.54) is 23.5 Å². The molecule has 1 aliphatic carbocycles. The highest BCUT2D eigenvalue weighted by Crippen LogP contribution is 2.31. The lowest BCUT2D eigenvalue weighted by molar-refractivity contribution is -0.0886. The highest BCUT2D eigenvalue weighted by molar-refractivity contribution is 7.15. The predicted octanol–water partition coefficient (Wildman–Crippen LogP) is 4.63. The summed E-state index contributed by atoms with van der Waals surface area (Å²) in [5.74, 6) is -0.314. The number of imidazole rings is 1. The molecule has 168 valence electrons. The first-order valence-corrected chi connectivity index (χ1v) is 10.9. The summed E-state index contributed by atoms with van der Waals surface area (Å²) in [7, 11) is 0. The maximum absolute atomic E-state index is 12.7. The van der Waals surface area contributed by atoms with E-state index in [-0.39, 0.29) is 24.4 Å².